The van der Waals surface area contributed by atoms with Crippen molar-refractivity contribution in [2.75, 3.05) is 0 Å². The van der Waals surface area contributed by atoms with E-state index in [1.165, 1.54) is 38.1 Å². The first-order valence-corrected chi connectivity index (χ1v) is 6.34. The van der Waals surface area contributed by atoms with Crippen LogP contribution >= 0.6 is 0 Å². The SMILES string of the molecule is CC(=O)N[C@H](Cc1ccc(F)cc1)C(=O)N[C@H](C)C(=O)O. The van der Waals surface area contributed by atoms with Crippen LogP contribution < -0.4 is 10.6 Å². The molecule has 1 rings (SSSR count). The second kappa shape index (κ2) is 7.37. The fraction of sp³-hybridized carbons (Fsp3) is 0.357. The summed E-state index contributed by atoms with van der Waals surface area (Å²) in [6, 6.07) is 3.50. The van der Waals surface area contributed by atoms with Gasteiger partial charge in [0.15, 0.2) is 0 Å². The molecule has 2 atom stereocenters. The molecule has 1 aromatic carbocycles. The average molecular weight is 296 g/mol. The van der Waals surface area contributed by atoms with Crippen LogP contribution in [0.3, 0.4) is 0 Å². The van der Waals surface area contributed by atoms with Gasteiger partial charge in [-0.25, -0.2) is 4.39 Å². The van der Waals surface area contributed by atoms with Crippen molar-refractivity contribution in [1.82, 2.24) is 10.6 Å². The fourth-order valence-corrected chi connectivity index (χ4v) is 1.69. The maximum absolute atomic E-state index is 12.8. The van der Waals surface area contributed by atoms with Gasteiger partial charge in [-0.1, -0.05) is 12.1 Å². The zero-order valence-corrected chi connectivity index (χ0v) is 11.7. The second-order valence-electron chi connectivity index (χ2n) is 4.65. The number of benzene rings is 1. The number of halogens is 1. The molecule has 21 heavy (non-hydrogen) atoms. The summed E-state index contributed by atoms with van der Waals surface area (Å²) in [6.45, 7) is 2.58. The molecule has 2 amide bonds. The van der Waals surface area contributed by atoms with Gasteiger partial charge in [-0.15, -0.1) is 0 Å². The molecule has 0 saturated carbocycles. The molecule has 0 spiro atoms. The third-order valence-electron chi connectivity index (χ3n) is 2.78. The van der Waals surface area contributed by atoms with E-state index < -0.39 is 35.7 Å². The van der Waals surface area contributed by atoms with E-state index in [1.54, 1.807) is 0 Å². The maximum Gasteiger partial charge on any atom is 0.325 e. The van der Waals surface area contributed by atoms with Crippen molar-refractivity contribution in [3.8, 4) is 0 Å². The van der Waals surface area contributed by atoms with E-state index in [0.717, 1.165) is 0 Å². The van der Waals surface area contributed by atoms with Crippen LogP contribution in [0.4, 0.5) is 4.39 Å². The number of carboxylic acids is 1. The lowest BCUT2D eigenvalue weighted by Gasteiger charge is -2.19. The second-order valence-corrected chi connectivity index (χ2v) is 4.65. The van der Waals surface area contributed by atoms with Crippen molar-refractivity contribution in [2.45, 2.75) is 32.4 Å². The minimum Gasteiger partial charge on any atom is -0.480 e. The average Bonchev–Trinajstić information content (AvgIpc) is 2.39. The largest absolute Gasteiger partial charge is 0.480 e. The Morgan fingerprint density at radius 2 is 1.76 bits per heavy atom. The van der Waals surface area contributed by atoms with Gasteiger partial charge < -0.3 is 15.7 Å². The summed E-state index contributed by atoms with van der Waals surface area (Å²) < 4.78 is 12.8. The van der Waals surface area contributed by atoms with Crippen LogP contribution in [0, 0.1) is 5.82 Å². The monoisotopic (exact) mass is 296 g/mol. The molecular formula is C14H17FN2O4. The zero-order chi connectivity index (χ0) is 16.0. The van der Waals surface area contributed by atoms with Gasteiger partial charge in [-0.2, -0.15) is 0 Å². The molecule has 0 aliphatic carbocycles. The van der Waals surface area contributed by atoms with Gasteiger partial charge in [0.05, 0.1) is 0 Å². The first-order valence-electron chi connectivity index (χ1n) is 6.34. The number of carboxylic acid groups (broad SMARTS) is 1. The predicted molar refractivity (Wildman–Crippen MR) is 72.9 cm³/mol. The number of hydrogen-bond donors (Lipinski definition) is 3. The number of carbonyl (C=O) groups is 3. The lowest BCUT2D eigenvalue weighted by Crippen LogP contribution is -2.51. The van der Waals surface area contributed by atoms with Crippen molar-refractivity contribution in [3.05, 3.63) is 35.6 Å². The number of aliphatic carboxylic acids is 1. The van der Waals surface area contributed by atoms with E-state index in [-0.39, 0.29) is 6.42 Å². The molecule has 0 saturated heterocycles. The van der Waals surface area contributed by atoms with Crippen molar-refractivity contribution in [2.24, 2.45) is 0 Å². The van der Waals surface area contributed by atoms with Gasteiger partial charge in [0.2, 0.25) is 11.8 Å². The lowest BCUT2D eigenvalue weighted by atomic mass is 10.0. The molecule has 1 aromatic rings. The number of nitrogens with one attached hydrogen (secondary N) is 2. The highest BCUT2D eigenvalue weighted by Crippen LogP contribution is 2.06. The first kappa shape index (κ1) is 16.6. The van der Waals surface area contributed by atoms with E-state index in [4.69, 9.17) is 5.11 Å². The van der Waals surface area contributed by atoms with Crippen molar-refractivity contribution in [3.63, 3.8) is 0 Å². The fourth-order valence-electron chi connectivity index (χ4n) is 1.69. The highest BCUT2D eigenvalue weighted by atomic mass is 19.1. The molecule has 0 fully saturated rings. The van der Waals surface area contributed by atoms with Crippen LogP contribution in [0.2, 0.25) is 0 Å². The summed E-state index contributed by atoms with van der Waals surface area (Å²) in [5.41, 5.74) is 0.647. The van der Waals surface area contributed by atoms with E-state index >= 15 is 0 Å². The Morgan fingerprint density at radius 3 is 2.24 bits per heavy atom. The van der Waals surface area contributed by atoms with Gasteiger partial charge in [0, 0.05) is 13.3 Å². The van der Waals surface area contributed by atoms with Crippen molar-refractivity contribution in [1.29, 1.82) is 0 Å². The minimum absolute atomic E-state index is 0.137. The van der Waals surface area contributed by atoms with Crippen LogP contribution in [0.15, 0.2) is 24.3 Å². The van der Waals surface area contributed by atoms with Crippen LogP contribution in [-0.2, 0) is 20.8 Å². The Balaban J connectivity index is 2.79. The normalized spacial score (nSPS) is 13.1. The van der Waals surface area contributed by atoms with Crippen molar-refractivity contribution < 1.29 is 23.9 Å². The molecule has 0 aromatic heterocycles. The standard InChI is InChI=1S/C14H17FN2O4/c1-8(14(20)21)16-13(19)12(17-9(2)18)7-10-3-5-11(15)6-4-10/h3-6,8,12H,7H2,1-2H3,(H,16,19)(H,17,18)(H,20,21)/t8-,12-/m1/s1. The molecule has 7 heteroatoms. The molecule has 0 heterocycles. The van der Waals surface area contributed by atoms with Crippen LogP contribution in [0.5, 0.6) is 0 Å². The molecular weight excluding hydrogens is 279 g/mol. The van der Waals surface area contributed by atoms with Gasteiger partial charge in [-0.05, 0) is 24.6 Å². The molecule has 0 bridgehead atoms. The Hall–Kier alpha value is -2.44. The molecule has 114 valence electrons. The maximum atomic E-state index is 12.8. The number of amides is 2. The summed E-state index contributed by atoms with van der Waals surface area (Å²) in [7, 11) is 0. The Morgan fingerprint density at radius 1 is 1.19 bits per heavy atom. The Kier molecular flexibility index (Phi) is 5.83. The van der Waals surface area contributed by atoms with E-state index in [9.17, 15) is 18.8 Å². The third kappa shape index (κ3) is 5.60. The summed E-state index contributed by atoms with van der Waals surface area (Å²) in [6.07, 6.45) is 0.137. The van der Waals surface area contributed by atoms with Crippen LogP contribution in [0.25, 0.3) is 0 Å². The smallest absolute Gasteiger partial charge is 0.325 e. The quantitative estimate of drug-likeness (QED) is 0.711. The number of rotatable bonds is 6. The Bertz CT molecular complexity index is 530. The first-order chi connectivity index (χ1) is 9.79. The molecule has 6 nitrogen and oxygen atoms in total. The van der Waals surface area contributed by atoms with Gasteiger partial charge in [-0.3, -0.25) is 14.4 Å². The Labute approximate surface area is 121 Å². The summed E-state index contributed by atoms with van der Waals surface area (Å²) in [5.74, 6) is -2.60. The summed E-state index contributed by atoms with van der Waals surface area (Å²) in [4.78, 5) is 33.9. The van der Waals surface area contributed by atoms with Gasteiger partial charge >= 0.3 is 5.97 Å². The van der Waals surface area contributed by atoms with E-state index in [2.05, 4.69) is 10.6 Å². The van der Waals surface area contributed by atoms with Crippen LogP contribution in [-0.4, -0.2) is 35.0 Å². The lowest BCUT2D eigenvalue weighted by molar-refractivity contribution is -0.141. The van der Waals surface area contributed by atoms with E-state index in [0.29, 0.717) is 5.56 Å². The van der Waals surface area contributed by atoms with Crippen LogP contribution in [0.1, 0.15) is 19.4 Å². The van der Waals surface area contributed by atoms with Gasteiger partial charge in [0.25, 0.3) is 0 Å². The van der Waals surface area contributed by atoms with Gasteiger partial charge in [0.1, 0.15) is 17.9 Å². The minimum atomic E-state index is -1.17. The molecule has 3 N–H and O–H groups in total. The third-order valence-corrected chi connectivity index (χ3v) is 2.78. The number of hydrogen-bond acceptors (Lipinski definition) is 3. The zero-order valence-electron chi connectivity index (χ0n) is 11.7. The highest BCUT2D eigenvalue weighted by molar-refractivity contribution is 5.90. The molecule has 0 unspecified atom stereocenters. The number of carbonyl (C=O) groups excluding carboxylic acids is 2. The topological polar surface area (TPSA) is 95.5 Å². The van der Waals surface area contributed by atoms with Crippen molar-refractivity contribution >= 4 is 17.8 Å². The molecule has 0 radical (unpaired) electrons. The molecule has 0 aliphatic heterocycles. The molecule has 0 aliphatic rings. The predicted octanol–water partition coefficient (Wildman–Crippen LogP) is 0.462. The van der Waals surface area contributed by atoms with E-state index in [1.807, 2.05) is 0 Å². The highest BCUT2D eigenvalue weighted by Gasteiger charge is 2.23. The summed E-state index contributed by atoms with van der Waals surface area (Å²) >= 11 is 0. The summed E-state index contributed by atoms with van der Waals surface area (Å²) in [5, 5.41) is 13.5.